The molecule has 1 aromatic carbocycles. The van der Waals surface area contributed by atoms with Gasteiger partial charge in [-0.05, 0) is 32.0 Å². The van der Waals surface area contributed by atoms with Gasteiger partial charge in [-0.25, -0.2) is 0 Å². The molecule has 0 spiro atoms. The molecule has 1 amide bonds. The van der Waals surface area contributed by atoms with Crippen molar-refractivity contribution >= 4 is 5.91 Å². The molecular formula is C15H22N2O3. The molecule has 5 heteroatoms. The van der Waals surface area contributed by atoms with Crippen molar-refractivity contribution in [2.75, 3.05) is 33.4 Å². The normalized spacial score (nSPS) is 16.9. The summed E-state index contributed by atoms with van der Waals surface area (Å²) in [6.45, 7) is 2.06. The average Bonchev–Trinajstić information content (AvgIpc) is 3.01. The van der Waals surface area contributed by atoms with Gasteiger partial charge in [0.15, 0.2) is 0 Å². The fourth-order valence-electron chi connectivity index (χ4n) is 2.70. The summed E-state index contributed by atoms with van der Waals surface area (Å²) in [6, 6.07) is 7.98. The summed E-state index contributed by atoms with van der Waals surface area (Å²) in [5.41, 5.74) is 1.08. The van der Waals surface area contributed by atoms with Crippen LogP contribution in [-0.2, 0) is 4.79 Å². The minimum Gasteiger partial charge on any atom is -0.496 e. The maximum Gasteiger partial charge on any atom is 0.245 e. The Balaban J connectivity index is 2.18. The van der Waals surface area contributed by atoms with Crippen LogP contribution in [0.1, 0.15) is 24.4 Å². The first-order valence-corrected chi connectivity index (χ1v) is 7.00. The molecule has 2 rings (SSSR count). The van der Waals surface area contributed by atoms with Crippen LogP contribution in [-0.4, -0.2) is 49.3 Å². The number of hydrogen-bond acceptors (Lipinski definition) is 4. The standard InChI is InChI=1S/C15H22N2O3/c1-20-14-7-3-2-6-12(14)13(10-16-15(19)11-18)17-8-4-5-9-17/h2-3,6-7,13,18H,4-5,8-11H2,1H3,(H,16,19). The van der Waals surface area contributed by atoms with Crippen molar-refractivity contribution in [2.24, 2.45) is 0 Å². The molecule has 1 unspecified atom stereocenters. The van der Waals surface area contributed by atoms with E-state index in [-0.39, 0.29) is 11.9 Å². The van der Waals surface area contributed by atoms with E-state index in [1.165, 1.54) is 12.8 Å². The number of hydrogen-bond donors (Lipinski definition) is 2. The van der Waals surface area contributed by atoms with Crippen molar-refractivity contribution in [3.63, 3.8) is 0 Å². The zero-order valence-electron chi connectivity index (χ0n) is 11.8. The highest BCUT2D eigenvalue weighted by molar-refractivity contribution is 5.76. The third-order valence-corrected chi connectivity index (χ3v) is 3.72. The molecule has 1 aliphatic heterocycles. The van der Waals surface area contributed by atoms with Gasteiger partial charge in [0, 0.05) is 12.1 Å². The SMILES string of the molecule is COc1ccccc1C(CNC(=O)CO)N1CCCC1. The molecule has 110 valence electrons. The minimum atomic E-state index is -0.474. The van der Waals surface area contributed by atoms with Crippen molar-refractivity contribution in [1.82, 2.24) is 10.2 Å². The van der Waals surface area contributed by atoms with Gasteiger partial charge in [-0.1, -0.05) is 18.2 Å². The van der Waals surface area contributed by atoms with Crippen LogP contribution in [0.3, 0.4) is 0 Å². The average molecular weight is 278 g/mol. The Kier molecular flexibility index (Phi) is 5.38. The number of para-hydroxylation sites is 1. The zero-order valence-corrected chi connectivity index (χ0v) is 11.8. The van der Waals surface area contributed by atoms with E-state index in [0.717, 1.165) is 24.4 Å². The predicted molar refractivity (Wildman–Crippen MR) is 76.6 cm³/mol. The van der Waals surface area contributed by atoms with Gasteiger partial charge in [-0.3, -0.25) is 9.69 Å². The van der Waals surface area contributed by atoms with E-state index in [4.69, 9.17) is 9.84 Å². The number of rotatable bonds is 6. The molecule has 2 N–H and O–H groups in total. The van der Waals surface area contributed by atoms with Crippen molar-refractivity contribution in [2.45, 2.75) is 18.9 Å². The topological polar surface area (TPSA) is 61.8 Å². The van der Waals surface area contributed by atoms with E-state index < -0.39 is 6.61 Å². The zero-order chi connectivity index (χ0) is 14.4. The lowest BCUT2D eigenvalue weighted by molar-refractivity contribution is -0.124. The maximum atomic E-state index is 11.3. The Bertz CT molecular complexity index is 444. The van der Waals surface area contributed by atoms with Crippen molar-refractivity contribution < 1.29 is 14.6 Å². The number of aliphatic hydroxyl groups is 1. The molecular weight excluding hydrogens is 256 g/mol. The highest BCUT2D eigenvalue weighted by atomic mass is 16.5. The molecule has 1 aliphatic rings. The predicted octanol–water partition coefficient (Wildman–Crippen LogP) is 0.941. The summed E-state index contributed by atoms with van der Waals surface area (Å²) in [4.78, 5) is 13.7. The number of likely N-dealkylation sites (tertiary alicyclic amines) is 1. The Hall–Kier alpha value is -1.59. The van der Waals surface area contributed by atoms with Crippen molar-refractivity contribution in [3.05, 3.63) is 29.8 Å². The van der Waals surface area contributed by atoms with Crippen LogP contribution < -0.4 is 10.1 Å². The molecule has 0 bridgehead atoms. The number of nitrogens with one attached hydrogen (secondary N) is 1. The van der Waals surface area contributed by atoms with Crippen molar-refractivity contribution in [1.29, 1.82) is 0 Å². The van der Waals surface area contributed by atoms with Crippen LogP contribution in [0.15, 0.2) is 24.3 Å². The van der Waals surface area contributed by atoms with Gasteiger partial charge >= 0.3 is 0 Å². The Morgan fingerprint density at radius 3 is 2.75 bits per heavy atom. The second kappa shape index (κ2) is 7.26. The van der Waals surface area contributed by atoms with E-state index >= 15 is 0 Å². The molecule has 20 heavy (non-hydrogen) atoms. The van der Waals surface area contributed by atoms with E-state index in [9.17, 15) is 4.79 Å². The quantitative estimate of drug-likeness (QED) is 0.813. The lowest BCUT2D eigenvalue weighted by atomic mass is 10.0. The number of ether oxygens (including phenoxy) is 1. The number of nitrogens with zero attached hydrogens (tertiary/aromatic N) is 1. The molecule has 5 nitrogen and oxygen atoms in total. The second-order valence-corrected chi connectivity index (χ2v) is 4.96. The van der Waals surface area contributed by atoms with Gasteiger partial charge in [0.2, 0.25) is 5.91 Å². The molecule has 1 atom stereocenters. The van der Waals surface area contributed by atoms with Gasteiger partial charge in [0.1, 0.15) is 12.4 Å². The minimum absolute atomic E-state index is 0.0872. The number of amides is 1. The molecule has 0 aliphatic carbocycles. The summed E-state index contributed by atoms with van der Waals surface area (Å²) < 4.78 is 5.43. The first-order valence-electron chi connectivity index (χ1n) is 7.00. The largest absolute Gasteiger partial charge is 0.496 e. The summed E-state index contributed by atoms with van der Waals surface area (Å²) in [5.74, 6) is 0.492. The second-order valence-electron chi connectivity index (χ2n) is 4.96. The number of carbonyl (C=O) groups is 1. The Morgan fingerprint density at radius 1 is 1.40 bits per heavy atom. The fraction of sp³-hybridized carbons (Fsp3) is 0.533. The third-order valence-electron chi connectivity index (χ3n) is 3.72. The number of benzene rings is 1. The number of aliphatic hydroxyl groups excluding tert-OH is 1. The van der Waals surface area contributed by atoms with Gasteiger partial charge in [-0.15, -0.1) is 0 Å². The first-order chi connectivity index (χ1) is 9.76. The molecule has 0 aromatic heterocycles. The van der Waals surface area contributed by atoms with Crippen LogP contribution >= 0.6 is 0 Å². The highest BCUT2D eigenvalue weighted by Crippen LogP contribution is 2.31. The summed E-state index contributed by atoms with van der Waals surface area (Å²) >= 11 is 0. The van der Waals surface area contributed by atoms with Crippen LogP contribution in [0.4, 0.5) is 0 Å². The lowest BCUT2D eigenvalue weighted by Gasteiger charge is -2.29. The molecule has 1 fully saturated rings. The third kappa shape index (κ3) is 3.49. The summed E-state index contributed by atoms with van der Waals surface area (Å²) in [7, 11) is 1.66. The molecule has 1 aromatic rings. The summed E-state index contributed by atoms with van der Waals surface area (Å²) in [5, 5.41) is 11.6. The molecule has 0 saturated carbocycles. The van der Waals surface area contributed by atoms with Crippen LogP contribution in [0, 0.1) is 0 Å². The van der Waals surface area contributed by atoms with Gasteiger partial charge < -0.3 is 15.2 Å². The Labute approximate surface area is 119 Å². The van der Waals surface area contributed by atoms with Crippen molar-refractivity contribution in [3.8, 4) is 5.75 Å². The Morgan fingerprint density at radius 2 is 2.10 bits per heavy atom. The van der Waals surface area contributed by atoms with Crippen LogP contribution in [0.25, 0.3) is 0 Å². The van der Waals surface area contributed by atoms with E-state index in [1.54, 1.807) is 7.11 Å². The fourth-order valence-corrected chi connectivity index (χ4v) is 2.70. The highest BCUT2D eigenvalue weighted by Gasteiger charge is 2.26. The van der Waals surface area contributed by atoms with E-state index in [0.29, 0.717) is 6.54 Å². The summed E-state index contributed by atoms with van der Waals surface area (Å²) in [6.07, 6.45) is 2.36. The first kappa shape index (κ1) is 14.8. The molecule has 1 heterocycles. The van der Waals surface area contributed by atoms with Crippen LogP contribution in [0.5, 0.6) is 5.75 Å². The van der Waals surface area contributed by atoms with Crippen LogP contribution in [0.2, 0.25) is 0 Å². The smallest absolute Gasteiger partial charge is 0.245 e. The van der Waals surface area contributed by atoms with Gasteiger partial charge in [0.05, 0.1) is 13.2 Å². The maximum absolute atomic E-state index is 11.3. The molecule has 0 radical (unpaired) electrons. The van der Waals surface area contributed by atoms with Gasteiger partial charge in [-0.2, -0.15) is 0 Å². The number of methoxy groups -OCH3 is 1. The monoisotopic (exact) mass is 278 g/mol. The number of carbonyl (C=O) groups excluding carboxylic acids is 1. The van der Waals surface area contributed by atoms with Gasteiger partial charge in [0.25, 0.3) is 0 Å². The van der Waals surface area contributed by atoms with E-state index in [2.05, 4.69) is 10.2 Å². The van der Waals surface area contributed by atoms with E-state index in [1.807, 2.05) is 24.3 Å². The molecule has 1 saturated heterocycles. The lowest BCUT2D eigenvalue weighted by Crippen LogP contribution is -2.37.